The van der Waals surface area contributed by atoms with Crippen molar-refractivity contribution in [2.45, 2.75) is 0 Å². The Hall–Kier alpha value is -3.39. The van der Waals surface area contributed by atoms with E-state index in [-0.39, 0.29) is 5.78 Å². The van der Waals surface area contributed by atoms with Gasteiger partial charge in [-0.25, -0.2) is 0 Å². The predicted octanol–water partition coefficient (Wildman–Crippen LogP) is 5.97. The summed E-state index contributed by atoms with van der Waals surface area (Å²) in [5.41, 5.74) is 2.95. The molecule has 0 fully saturated rings. The highest BCUT2D eigenvalue weighted by Gasteiger charge is 2.19. The molecule has 0 bridgehead atoms. The molecule has 0 aliphatic heterocycles. The second-order valence-corrected chi connectivity index (χ2v) is 6.14. The van der Waals surface area contributed by atoms with E-state index in [9.17, 15) is 4.79 Å². The van der Waals surface area contributed by atoms with Crippen molar-refractivity contribution in [2.24, 2.45) is 0 Å². The molecule has 0 aliphatic carbocycles. The fourth-order valence-electron chi connectivity index (χ4n) is 3.48. The first-order chi connectivity index (χ1) is 12.3. The fraction of sp³-hybridized carbons (Fsp3) is 0. The molecule has 0 aliphatic rings. The lowest BCUT2D eigenvalue weighted by Crippen LogP contribution is -2.01. The number of carbonyl (C=O) groups is 1. The zero-order valence-electron chi connectivity index (χ0n) is 13.4. The monoisotopic (exact) mass is 322 g/mol. The lowest BCUT2D eigenvalue weighted by Gasteiger charge is -2.06. The van der Waals surface area contributed by atoms with Gasteiger partial charge in [0.2, 0.25) is 0 Å². The number of para-hydroxylation sites is 1. The first-order valence-electron chi connectivity index (χ1n) is 8.26. The Kier molecular flexibility index (Phi) is 2.98. The smallest absolute Gasteiger partial charge is 0.193 e. The van der Waals surface area contributed by atoms with Crippen molar-refractivity contribution in [1.29, 1.82) is 0 Å². The fourth-order valence-corrected chi connectivity index (χ4v) is 3.48. The lowest BCUT2D eigenvalue weighted by atomic mass is 9.95. The Labute approximate surface area is 144 Å². The Morgan fingerprint density at radius 3 is 2.24 bits per heavy atom. The summed E-state index contributed by atoms with van der Waals surface area (Å²) in [6.07, 6.45) is 0. The molecule has 5 rings (SSSR count). The second kappa shape index (κ2) is 5.32. The van der Waals surface area contributed by atoms with Gasteiger partial charge in [-0.05, 0) is 17.5 Å². The van der Waals surface area contributed by atoms with Gasteiger partial charge in [0, 0.05) is 27.3 Å². The van der Waals surface area contributed by atoms with Gasteiger partial charge in [0.1, 0.15) is 11.2 Å². The topological polar surface area (TPSA) is 30.2 Å². The molecule has 2 nitrogen and oxygen atoms in total. The molecule has 0 spiro atoms. The molecule has 0 amide bonds. The molecular weight excluding hydrogens is 308 g/mol. The third kappa shape index (κ3) is 2.08. The van der Waals surface area contributed by atoms with Crippen LogP contribution >= 0.6 is 0 Å². The largest absolute Gasteiger partial charge is 0.455 e. The van der Waals surface area contributed by atoms with Crippen LogP contribution in [0.1, 0.15) is 15.9 Å². The molecular formula is C23H14O2. The van der Waals surface area contributed by atoms with Gasteiger partial charge in [0.25, 0.3) is 0 Å². The van der Waals surface area contributed by atoms with Gasteiger partial charge in [-0.2, -0.15) is 0 Å². The first kappa shape index (κ1) is 14.0. The minimum absolute atomic E-state index is 0.0166. The van der Waals surface area contributed by atoms with Crippen molar-refractivity contribution in [2.75, 3.05) is 0 Å². The highest BCUT2D eigenvalue weighted by atomic mass is 16.3. The highest BCUT2D eigenvalue weighted by Crippen LogP contribution is 2.37. The molecule has 0 saturated heterocycles. The van der Waals surface area contributed by atoms with Gasteiger partial charge >= 0.3 is 0 Å². The highest BCUT2D eigenvalue weighted by molar-refractivity contribution is 6.26. The van der Waals surface area contributed by atoms with Crippen LogP contribution in [0, 0.1) is 0 Å². The molecule has 0 unspecified atom stereocenters. The minimum Gasteiger partial charge on any atom is -0.455 e. The van der Waals surface area contributed by atoms with E-state index in [2.05, 4.69) is 0 Å². The van der Waals surface area contributed by atoms with Crippen LogP contribution in [0.4, 0.5) is 0 Å². The minimum atomic E-state index is 0.0166. The van der Waals surface area contributed by atoms with Crippen molar-refractivity contribution in [3.05, 3.63) is 96.1 Å². The van der Waals surface area contributed by atoms with E-state index < -0.39 is 0 Å². The second-order valence-electron chi connectivity index (χ2n) is 6.14. The zero-order chi connectivity index (χ0) is 16.8. The van der Waals surface area contributed by atoms with E-state index >= 15 is 0 Å². The van der Waals surface area contributed by atoms with Crippen molar-refractivity contribution >= 4 is 38.5 Å². The van der Waals surface area contributed by atoms with Gasteiger partial charge in [0.05, 0.1) is 0 Å². The quantitative estimate of drug-likeness (QED) is 0.375. The Morgan fingerprint density at radius 2 is 1.40 bits per heavy atom. The van der Waals surface area contributed by atoms with Gasteiger partial charge in [-0.1, -0.05) is 72.8 Å². The van der Waals surface area contributed by atoms with Crippen molar-refractivity contribution in [1.82, 2.24) is 0 Å². The summed E-state index contributed by atoms with van der Waals surface area (Å²) >= 11 is 0. The third-order valence-electron chi connectivity index (χ3n) is 4.65. The average molecular weight is 322 g/mol. The number of fused-ring (bicyclic) bond motifs is 5. The number of carbonyl (C=O) groups excluding carboxylic acids is 1. The molecule has 0 radical (unpaired) electrons. The first-order valence-corrected chi connectivity index (χ1v) is 8.26. The van der Waals surface area contributed by atoms with Gasteiger partial charge in [-0.3, -0.25) is 4.79 Å². The molecule has 25 heavy (non-hydrogen) atoms. The maximum absolute atomic E-state index is 13.2. The van der Waals surface area contributed by atoms with Crippen LogP contribution in [0.2, 0.25) is 0 Å². The number of hydrogen-bond acceptors (Lipinski definition) is 2. The molecule has 0 N–H and O–H groups in total. The number of furan rings is 1. The summed E-state index contributed by atoms with van der Waals surface area (Å²) in [4.78, 5) is 13.2. The summed E-state index contributed by atoms with van der Waals surface area (Å²) < 4.78 is 6.14. The summed E-state index contributed by atoms with van der Waals surface area (Å²) in [6.45, 7) is 0. The van der Waals surface area contributed by atoms with Crippen molar-refractivity contribution in [3.8, 4) is 0 Å². The SMILES string of the molecule is O=C(c1ccccc1)c1cc2ccccc2c2oc3ccccc3c12. The number of benzene rings is 4. The van der Waals surface area contributed by atoms with Crippen LogP contribution < -0.4 is 0 Å². The van der Waals surface area contributed by atoms with Crippen LogP contribution in [0.25, 0.3) is 32.7 Å². The molecule has 4 aromatic carbocycles. The lowest BCUT2D eigenvalue weighted by molar-refractivity contribution is 0.104. The summed E-state index contributed by atoms with van der Waals surface area (Å²) in [6, 6.07) is 27.3. The Balaban J connectivity index is 1.95. The maximum atomic E-state index is 13.2. The zero-order valence-corrected chi connectivity index (χ0v) is 13.4. The van der Waals surface area contributed by atoms with Crippen molar-refractivity contribution < 1.29 is 9.21 Å². The van der Waals surface area contributed by atoms with Crippen molar-refractivity contribution in [3.63, 3.8) is 0 Å². The van der Waals surface area contributed by atoms with Crippen LogP contribution in [0.15, 0.2) is 89.3 Å². The summed E-state index contributed by atoms with van der Waals surface area (Å²) in [7, 11) is 0. The van der Waals surface area contributed by atoms with Gasteiger partial charge in [-0.15, -0.1) is 0 Å². The molecule has 118 valence electrons. The van der Waals surface area contributed by atoms with Crippen LogP contribution in [-0.4, -0.2) is 5.78 Å². The maximum Gasteiger partial charge on any atom is 0.193 e. The van der Waals surface area contributed by atoms with E-state index in [1.165, 1.54) is 0 Å². The van der Waals surface area contributed by atoms with E-state index in [1.807, 2.05) is 84.9 Å². The Bertz CT molecular complexity index is 1250. The summed E-state index contributed by atoms with van der Waals surface area (Å²) in [5.74, 6) is 0.0166. The average Bonchev–Trinajstić information content (AvgIpc) is 3.07. The molecule has 0 saturated carbocycles. The van der Waals surface area contributed by atoms with E-state index in [1.54, 1.807) is 0 Å². The molecule has 1 heterocycles. The van der Waals surface area contributed by atoms with E-state index in [4.69, 9.17) is 4.42 Å². The van der Waals surface area contributed by atoms with E-state index in [0.717, 1.165) is 32.7 Å². The van der Waals surface area contributed by atoms with Gasteiger partial charge in [0.15, 0.2) is 5.78 Å². The van der Waals surface area contributed by atoms with Crippen LogP contribution in [-0.2, 0) is 0 Å². The molecule has 0 atom stereocenters. The number of hydrogen-bond donors (Lipinski definition) is 0. The third-order valence-corrected chi connectivity index (χ3v) is 4.65. The van der Waals surface area contributed by atoms with Gasteiger partial charge < -0.3 is 4.42 Å². The molecule has 1 aromatic heterocycles. The molecule has 5 aromatic rings. The molecule has 2 heteroatoms. The Morgan fingerprint density at radius 1 is 0.720 bits per heavy atom. The number of rotatable bonds is 2. The van der Waals surface area contributed by atoms with Crippen LogP contribution in [0.5, 0.6) is 0 Å². The predicted molar refractivity (Wildman–Crippen MR) is 101 cm³/mol. The normalized spacial score (nSPS) is 11.4. The van der Waals surface area contributed by atoms with Crippen LogP contribution in [0.3, 0.4) is 0 Å². The number of ketones is 1. The van der Waals surface area contributed by atoms with E-state index in [0.29, 0.717) is 11.1 Å². The standard InChI is InChI=1S/C23H14O2/c24-22(15-8-2-1-3-9-15)19-14-16-10-4-5-11-17(16)23-21(19)18-12-6-7-13-20(18)25-23/h1-14H. The summed E-state index contributed by atoms with van der Waals surface area (Å²) in [5, 5.41) is 3.90.